The zero-order chi connectivity index (χ0) is 17.6. The average Bonchev–Trinajstić information content (AvgIpc) is 3.09. The second-order valence-electron chi connectivity index (χ2n) is 6.60. The third-order valence-corrected chi connectivity index (χ3v) is 4.48. The normalized spacial score (nSPS) is 24.0. The Hall–Kier alpha value is -1.89. The molecule has 0 bridgehead atoms. The number of ether oxygens (including phenoxy) is 3. The van der Waals surface area contributed by atoms with E-state index in [0.717, 1.165) is 37.6 Å². The van der Waals surface area contributed by atoms with E-state index in [4.69, 9.17) is 14.2 Å². The van der Waals surface area contributed by atoms with Gasteiger partial charge in [0.1, 0.15) is 12.4 Å². The molecule has 2 aliphatic rings. The SMILES string of the molecule is C=C(C)COc1ccc(C(=O)N[C@@H]2COC[C@H]2N2CCOCC2)cc1. The van der Waals surface area contributed by atoms with Gasteiger partial charge >= 0.3 is 0 Å². The molecule has 1 aromatic carbocycles. The first-order valence-electron chi connectivity index (χ1n) is 8.71. The second kappa shape index (κ2) is 8.47. The average molecular weight is 346 g/mol. The number of benzene rings is 1. The first kappa shape index (κ1) is 17.9. The second-order valence-corrected chi connectivity index (χ2v) is 6.60. The lowest BCUT2D eigenvalue weighted by Gasteiger charge is -2.34. The van der Waals surface area contributed by atoms with Crippen molar-refractivity contribution in [1.82, 2.24) is 10.2 Å². The molecule has 0 saturated carbocycles. The molecule has 136 valence electrons. The molecule has 2 aliphatic heterocycles. The summed E-state index contributed by atoms with van der Waals surface area (Å²) in [5, 5.41) is 3.11. The minimum atomic E-state index is -0.0831. The summed E-state index contributed by atoms with van der Waals surface area (Å²) in [5.74, 6) is 0.648. The van der Waals surface area contributed by atoms with Crippen molar-refractivity contribution in [2.24, 2.45) is 0 Å². The van der Waals surface area contributed by atoms with Crippen LogP contribution in [0.5, 0.6) is 5.75 Å². The fourth-order valence-electron chi connectivity index (χ4n) is 3.11. The maximum absolute atomic E-state index is 12.5. The number of nitrogens with one attached hydrogen (secondary N) is 1. The Morgan fingerprint density at radius 2 is 1.96 bits per heavy atom. The molecule has 6 heteroatoms. The van der Waals surface area contributed by atoms with E-state index in [0.29, 0.717) is 25.4 Å². The van der Waals surface area contributed by atoms with Crippen molar-refractivity contribution in [1.29, 1.82) is 0 Å². The van der Waals surface area contributed by atoms with Crippen LogP contribution in [0.25, 0.3) is 0 Å². The molecule has 0 radical (unpaired) electrons. The smallest absolute Gasteiger partial charge is 0.251 e. The van der Waals surface area contributed by atoms with Crippen LogP contribution >= 0.6 is 0 Å². The van der Waals surface area contributed by atoms with Crippen LogP contribution in [0.1, 0.15) is 17.3 Å². The quantitative estimate of drug-likeness (QED) is 0.791. The summed E-state index contributed by atoms with van der Waals surface area (Å²) >= 11 is 0. The number of amides is 1. The lowest BCUT2D eigenvalue weighted by Crippen LogP contribution is -2.54. The van der Waals surface area contributed by atoms with E-state index >= 15 is 0 Å². The van der Waals surface area contributed by atoms with E-state index in [1.807, 2.05) is 19.1 Å². The van der Waals surface area contributed by atoms with Gasteiger partial charge in [-0.3, -0.25) is 9.69 Å². The molecule has 0 spiro atoms. The Kier molecular flexibility index (Phi) is 6.07. The zero-order valence-corrected chi connectivity index (χ0v) is 14.7. The van der Waals surface area contributed by atoms with E-state index in [2.05, 4.69) is 16.8 Å². The maximum Gasteiger partial charge on any atom is 0.251 e. The Morgan fingerprint density at radius 3 is 2.64 bits per heavy atom. The molecule has 0 aliphatic carbocycles. The van der Waals surface area contributed by atoms with Crippen molar-refractivity contribution in [3.8, 4) is 5.75 Å². The van der Waals surface area contributed by atoms with E-state index in [1.54, 1.807) is 12.1 Å². The predicted octanol–water partition coefficient (Wildman–Crippen LogP) is 1.47. The highest BCUT2D eigenvalue weighted by Crippen LogP contribution is 2.17. The molecule has 2 heterocycles. The van der Waals surface area contributed by atoms with Crippen molar-refractivity contribution < 1.29 is 19.0 Å². The number of rotatable bonds is 6. The highest BCUT2D eigenvalue weighted by atomic mass is 16.5. The molecule has 2 fully saturated rings. The Bertz CT molecular complexity index is 596. The minimum Gasteiger partial charge on any atom is -0.489 e. The lowest BCUT2D eigenvalue weighted by atomic mass is 10.1. The van der Waals surface area contributed by atoms with Gasteiger partial charge < -0.3 is 19.5 Å². The fourth-order valence-corrected chi connectivity index (χ4v) is 3.11. The summed E-state index contributed by atoms with van der Waals surface area (Å²) in [4.78, 5) is 14.9. The first-order valence-corrected chi connectivity index (χ1v) is 8.71. The summed E-state index contributed by atoms with van der Waals surface area (Å²) in [5.41, 5.74) is 1.58. The van der Waals surface area contributed by atoms with E-state index < -0.39 is 0 Å². The number of morpholine rings is 1. The van der Waals surface area contributed by atoms with Crippen molar-refractivity contribution in [3.63, 3.8) is 0 Å². The molecular formula is C19H26N2O4. The molecule has 0 aromatic heterocycles. The van der Waals surface area contributed by atoms with Gasteiger partial charge in [-0.25, -0.2) is 0 Å². The molecule has 25 heavy (non-hydrogen) atoms. The van der Waals surface area contributed by atoms with Crippen molar-refractivity contribution in [2.45, 2.75) is 19.0 Å². The first-order chi connectivity index (χ1) is 12.1. The van der Waals surface area contributed by atoms with Gasteiger partial charge in [-0.05, 0) is 36.8 Å². The largest absolute Gasteiger partial charge is 0.489 e. The lowest BCUT2D eigenvalue weighted by molar-refractivity contribution is 0.0108. The fraction of sp³-hybridized carbons (Fsp3) is 0.526. The molecule has 1 N–H and O–H groups in total. The number of hydrogen-bond donors (Lipinski definition) is 1. The number of carbonyl (C=O) groups is 1. The van der Waals surface area contributed by atoms with Crippen LogP contribution in [0, 0.1) is 0 Å². The molecule has 2 saturated heterocycles. The van der Waals surface area contributed by atoms with Gasteiger partial charge in [0, 0.05) is 18.7 Å². The molecule has 0 unspecified atom stereocenters. The standard InChI is InChI=1S/C19H26N2O4/c1-14(2)11-25-16-5-3-15(4-6-16)19(22)20-17-12-24-13-18(17)21-7-9-23-10-8-21/h3-6,17-18H,1,7-13H2,2H3,(H,20,22)/t17-,18-/m1/s1. The summed E-state index contributed by atoms with van der Waals surface area (Å²) < 4.78 is 16.6. The van der Waals surface area contributed by atoms with Crippen LogP contribution in [-0.2, 0) is 9.47 Å². The van der Waals surface area contributed by atoms with Gasteiger partial charge in [-0.2, -0.15) is 0 Å². The summed E-state index contributed by atoms with van der Waals surface area (Å²) in [6.07, 6.45) is 0. The number of carbonyl (C=O) groups excluding carboxylic acids is 1. The number of nitrogens with zero attached hydrogens (tertiary/aromatic N) is 1. The van der Waals surface area contributed by atoms with Gasteiger partial charge in [0.15, 0.2) is 0 Å². The van der Waals surface area contributed by atoms with Crippen LogP contribution < -0.4 is 10.1 Å². The van der Waals surface area contributed by atoms with Crippen LogP contribution in [0.2, 0.25) is 0 Å². The summed E-state index contributed by atoms with van der Waals surface area (Å²) in [6, 6.07) is 7.40. The molecule has 6 nitrogen and oxygen atoms in total. The Labute approximate surface area is 148 Å². The molecule has 3 rings (SSSR count). The topological polar surface area (TPSA) is 60.0 Å². The van der Waals surface area contributed by atoms with Crippen LogP contribution in [0.15, 0.2) is 36.4 Å². The number of hydrogen-bond acceptors (Lipinski definition) is 5. The van der Waals surface area contributed by atoms with Crippen molar-refractivity contribution in [3.05, 3.63) is 42.0 Å². The highest BCUT2D eigenvalue weighted by Gasteiger charge is 2.34. The van der Waals surface area contributed by atoms with Gasteiger partial charge in [0.25, 0.3) is 5.91 Å². The van der Waals surface area contributed by atoms with Gasteiger partial charge in [-0.15, -0.1) is 0 Å². The minimum absolute atomic E-state index is 0.00458. The predicted molar refractivity (Wildman–Crippen MR) is 95.0 cm³/mol. The van der Waals surface area contributed by atoms with Crippen LogP contribution in [-0.4, -0.2) is 69.0 Å². The molecular weight excluding hydrogens is 320 g/mol. The van der Waals surface area contributed by atoms with Crippen LogP contribution in [0.4, 0.5) is 0 Å². The monoisotopic (exact) mass is 346 g/mol. The summed E-state index contributed by atoms with van der Waals surface area (Å²) in [6.45, 7) is 10.6. The summed E-state index contributed by atoms with van der Waals surface area (Å²) in [7, 11) is 0. The van der Waals surface area contributed by atoms with Crippen LogP contribution in [0.3, 0.4) is 0 Å². The Morgan fingerprint density at radius 1 is 1.24 bits per heavy atom. The van der Waals surface area contributed by atoms with Gasteiger partial charge in [-0.1, -0.05) is 6.58 Å². The molecule has 1 aromatic rings. The van der Waals surface area contributed by atoms with Gasteiger partial charge in [0.05, 0.1) is 38.5 Å². The highest BCUT2D eigenvalue weighted by molar-refractivity contribution is 5.94. The maximum atomic E-state index is 12.5. The zero-order valence-electron chi connectivity index (χ0n) is 14.7. The van der Waals surface area contributed by atoms with E-state index in [1.165, 1.54) is 0 Å². The van der Waals surface area contributed by atoms with Crippen molar-refractivity contribution in [2.75, 3.05) is 46.1 Å². The molecule has 1 amide bonds. The Balaban J connectivity index is 1.56. The van der Waals surface area contributed by atoms with E-state index in [9.17, 15) is 4.79 Å². The van der Waals surface area contributed by atoms with E-state index in [-0.39, 0.29) is 18.0 Å². The van der Waals surface area contributed by atoms with Gasteiger partial charge in [0.2, 0.25) is 0 Å². The molecule has 2 atom stereocenters. The third kappa shape index (κ3) is 4.81. The third-order valence-electron chi connectivity index (χ3n) is 4.48. The van der Waals surface area contributed by atoms with Crippen molar-refractivity contribution >= 4 is 5.91 Å².